The van der Waals surface area contributed by atoms with Gasteiger partial charge in [0.25, 0.3) is 0 Å². The smallest absolute Gasteiger partial charge is 0.314 e. The largest absolute Gasteiger partial charge is 0.490 e. The van der Waals surface area contributed by atoms with Crippen LogP contribution in [0, 0.1) is 10.1 Å². The van der Waals surface area contributed by atoms with Gasteiger partial charge in [-0.3, -0.25) is 10.1 Å². The number of benzene rings is 2. The highest BCUT2D eigenvalue weighted by atomic mass is 16.6. The van der Waals surface area contributed by atoms with Crippen LogP contribution in [0.1, 0.15) is 5.56 Å². The third-order valence-corrected chi connectivity index (χ3v) is 2.72. The summed E-state index contributed by atoms with van der Waals surface area (Å²) in [6, 6.07) is 11.7. The molecule has 2 aromatic carbocycles. The Labute approximate surface area is 115 Å². The Bertz CT molecular complexity index is 628. The summed E-state index contributed by atoms with van der Waals surface area (Å²) in [4.78, 5) is 10.4. The van der Waals surface area contributed by atoms with Crippen LogP contribution >= 0.6 is 0 Å². The molecule has 0 fully saturated rings. The number of ether oxygens (including phenoxy) is 2. The molecule has 0 heterocycles. The van der Waals surface area contributed by atoms with Crippen molar-refractivity contribution < 1.29 is 14.4 Å². The second kappa shape index (κ2) is 6.03. The zero-order valence-electron chi connectivity index (χ0n) is 10.9. The summed E-state index contributed by atoms with van der Waals surface area (Å²) in [6.45, 7) is 0.403. The summed E-state index contributed by atoms with van der Waals surface area (Å²) in [7, 11) is 1.38. The zero-order chi connectivity index (χ0) is 14.5. The molecule has 0 amide bonds. The summed E-state index contributed by atoms with van der Waals surface area (Å²) >= 11 is 0. The van der Waals surface area contributed by atoms with Crippen LogP contribution in [0.3, 0.4) is 0 Å². The van der Waals surface area contributed by atoms with E-state index in [0.717, 1.165) is 5.56 Å². The highest BCUT2D eigenvalue weighted by Gasteiger charge is 2.16. The molecule has 20 heavy (non-hydrogen) atoms. The third kappa shape index (κ3) is 3.04. The third-order valence-electron chi connectivity index (χ3n) is 2.72. The second-order valence-corrected chi connectivity index (χ2v) is 4.04. The predicted octanol–water partition coefficient (Wildman–Crippen LogP) is 2.85. The van der Waals surface area contributed by atoms with E-state index < -0.39 is 4.92 Å². The number of hydrogen-bond acceptors (Lipinski definition) is 5. The van der Waals surface area contributed by atoms with Crippen molar-refractivity contribution in [2.24, 2.45) is 5.73 Å². The van der Waals surface area contributed by atoms with Gasteiger partial charge < -0.3 is 15.2 Å². The molecular formula is C14H14N2O4. The minimum atomic E-state index is -0.512. The summed E-state index contributed by atoms with van der Waals surface area (Å²) < 4.78 is 10.5. The molecular weight excluding hydrogens is 260 g/mol. The van der Waals surface area contributed by atoms with Gasteiger partial charge in [-0.25, -0.2) is 0 Å². The Morgan fingerprint density at radius 3 is 2.60 bits per heavy atom. The van der Waals surface area contributed by atoms with Crippen molar-refractivity contribution in [2.45, 2.75) is 6.54 Å². The van der Waals surface area contributed by atoms with Gasteiger partial charge in [-0.05, 0) is 29.8 Å². The maximum absolute atomic E-state index is 10.9. The molecule has 0 bridgehead atoms. The maximum atomic E-state index is 10.9. The lowest BCUT2D eigenvalue weighted by atomic mass is 10.2. The molecule has 104 valence electrons. The molecule has 0 aliphatic heterocycles. The summed E-state index contributed by atoms with van der Waals surface area (Å²) in [5, 5.41) is 10.9. The maximum Gasteiger partial charge on any atom is 0.314 e. The van der Waals surface area contributed by atoms with Crippen LogP contribution in [0.5, 0.6) is 17.2 Å². The Hall–Kier alpha value is -2.60. The van der Waals surface area contributed by atoms with Gasteiger partial charge in [0, 0.05) is 6.54 Å². The minimum absolute atomic E-state index is 0.139. The Balaban J connectivity index is 2.29. The number of methoxy groups -OCH3 is 1. The van der Waals surface area contributed by atoms with Crippen molar-refractivity contribution in [3.8, 4) is 17.2 Å². The van der Waals surface area contributed by atoms with Crippen molar-refractivity contribution >= 4 is 5.69 Å². The Morgan fingerprint density at radius 2 is 1.95 bits per heavy atom. The first-order valence-electron chi connectivity index (χ1n) is 5.93. The van der Waals surface area contributed by atoms with Crippen LogP contribution in [0.25, 0.3) is 0 Å². The van der Waals surface area contributed by atoms with E-state index in [1.165, 1.54) is 19.2 Å². The molecule has 0 aliphatic rings. The zero-order valence-corrected chi connectivity index (χ0v) is 10.9. The molecule has 2 N–H and O–H groups in total. The van der Waals surface area contributed by atoms with E-state index in [4.69, 9.17) is 15.2 Å². The van der Waals surface area contributed by atoms with Gasteiger partial charge in [-0.2, -0.15) is 0 Å². The molecule has 0 atom stereocenters. The molecule has 2 rings (SSSR count). The first kappa shape index (κ1) is 13.8. The minimum Gasteiger partial charge on any atom is -0.490 e. The van der Waals surface area contributed by atoms with E-state index in [0.29, 0.717) is 18.0 Å². The lowest BCUT2D eigenvalue weighted by Gasteiger charge is -2.08. The SMILES string of the molecule is COc1ccc(Oc2cccc(CN)c2)cc1[N+](=O)[O-]. The van der Waals surface area contributed by atoms with Gasteiger partial charge in [0.15, 0.2) is 5.75 Å². The average Bonchev–Trinajstić information content (AvgIpc) is 2.47. The van der Waals surface area contributed by atoms with E-state index >= 15 is 0 Å². The van der Waals surface area contributed by atoms with Crippen LogP contribution in [-0.4, -0.2) is 12.0 Å². The van der Waals surface area contributed by atoms with E-state index in [1.54, 1.807) is 18.2 Å². The van der Waals surface area contributed by atoms with Crippen LogP contribution in [0.15, 0.2) is 42.5 Å². The number of hydrogen-bond donors (Lipinski definition) is 1. The normalized spacial score (nSPS) is 10.1. The van der Waals surface area contributed by atoms with Gasteiger partial charge >= 0.3 is 5.69 Å². The van der Waals surface area contributed by atoms with Gasteiger partial charge in [0.1, 0.15) is 11.5 Å². The number of rotatable bonds is 5. The van der Waals surface area contributed by atoms with Crippen LogP contribution in [-0.2, 0) is 6.54 Å². The number of nitro groups is 1. The standard InChI is InChI=1S/C14H14N2O4/c1-19-14-6-5-12(8-13(14)16(17)18)20-11-4-2-3-10(7-11)9-15/h2-8H,9,15H2,1H3. The summed E-state index contributed by atoms with van der Waals surface area (Å²) in [5.41, 5.74) is 6.34. The number of nitrogens with two attached hydrogens (primary N) is 1. The van der Waals surface area contributed by atoms with Crippen molar-refractivity contribution in [1.82, 2.24) is 0 Å². The highest BCUT2D eigenvalue weighted by Crippen LogP contribution is 2.33. The van der Waals surface area contributed by atoms with Crippen LogP contribution in [0.2, 0.25) is 0 Å². The molecule has 0 aliphatic carbocycles. The lowest BCUT2D eigenvalue weighted by Crippen LogP contribution is -1.97. The summed E-state index contributed by atoms with van der Waals surface area (Å²) in [5.74, 6) is 1.14. The average molecular weight is 274 g/mol. The monoisotopic (exact) mass is 274 g/mol. The molecule has 0 spiro atoms. The number of nitrogens with zero attached hydrogens (tertiary/aromatic N) is 1. The second-order valence-electron chi connectivity index (χ2n) is 4.04. The molecule has 6 heteroatoms. The van der Waals surface area contributed by atoms with Crippen LogP contribution < -0.4 is 15.2 Å². The van der Waals surface area contributed by atoms with Crippen molar-refractivity contribution in [1.29, 1.82) is 0 Å². The molecule has 0 unspecified atom stereocenters. The lowest BCUT2D eigenvalue weighted by molar-refractivity contribution is -0.385. The van der Waals surface area contributed by atoms with Crippen molar-refractivity contribution in [2.75, 3.05) is 7.11 Å². The molecule has 2 aromatic rings. The highest BCUT2D eigenvalue weighted by molar-refractivity contribution is 5.51. The van der Waals surface area contributed by atoms with Crippen molar-refractivity contribution in [3.05, 3.63) is 58.1 Å². The molecule has 6 nitrogen and oxygen atoms in total. The topological polar surface area (TPSA) is 87.6 Å². The van der Waals surface area contributed by atoms with Gasteiger partial charge in [-0.1, -0.05) is 12.1 Å². The molecule has 0 radical (unpaired) electrons. The fourth-order valence-electron chi connectivity index (χ4n) is 1.75. The Kier molecular flexibility index (Phi) is 4.17. The quantitative estimate of drug-likeness (QED) is 0.669. The fraction of sp³-hybridized carbons (Fsp3) is 0.143. The molecule has 0 saturated heterocycles. The predicted molar refractivity (Wildman–Crippen MR) is 74.1 cm³/mol. The van der Waals surface area contributed by atoms with E-state index in [2.05, 4.69) is 0 Å². The van der Waals surface area contributed by atoms with Gasteiger partial charge in [0.05, 0.1) is 18.1 Å². The molecule has 0 aromatic heterocycles. The van der Waals surface area contributed by atoms with Crippen LogP contribution in [0.4, 0.5) is 5.69 Å². The summed E-state index contributed by atoms with van der Waals surface area (Å²) in [6.07, 6.45) is 0. The van der Waals surface area contributed by atoms with E-state index in [1.807, 2.05) is 12.1 Å². The number of nitro benzene ring substituents is 1. The first-order valence-corrected chi connectivity index (χ1v) is 5.93. The fourth-order valence-corrected chi connectivity index (χ4v) is 1.75. The Morgan fingerprint density at radius 1 is 1.20 bits per heavy atom. The van der Waals surface area contributed by atoms with Gasteiger partial charge in [-0.15, -0.1) is 0 Å². The van der Waals surface area contributed by atoms with E-state index in [-0.39, 0.29) is 11.4 Å². The van der Waals surface area contributed by atoms with E-state index in [9.17, 15) is 10.1 Å². The van der Waals surface area contributed by atoms with Gasteiger partial charge in [0.2, 0.25) is 0 Å². The molecule has 0 saturated carbocycles. The van der Waals surface area contributed by atoms with Crippen molar-refractivity contribution in [3.63, 3.8) is 0 Å². The first-order chi connectivity index (χ1) is 9.63.